The molecular formula is C6H10N2O2. The summed E-state index contributed by atoms with van der Waals surface area (Å²) < 4.78 is 0. The van der Waals surface area contributed by atoms with E-state index in [2.05, 4.69) is 5.32 Å². The molecular weight excluding hydrogens is 132 g/mol. The highest BCUT2D eigenvalue weighted by molar-refractivity contribution is 5.83. The zero-order chi connectivity index (χ0) is 7.14. The molecule has 2 fully saturated rings. The Morgan fingerprint density at radius 2 is 2.50 bits per heavy atom. The summed E-state index contributed by atoms with van der Waals surface area (Å²) in [5, 5.41) is 12.8. The predicted molar refractivity (Wildman–Crippen MR) is 33.4 cm³/mol. The number of nitrogens with one attached hydrogen (secondary N) is 1. The molecule has 4 heteroatoms. The topological polar surface area (TPSA) is 52.6 Å². The van der Waals surface area contributed by atoms with Crippen LogP contribution in [-0.4, -0.2) is 35.3 Å². The lowest BCUT2D eigenvalue weighted by Gasteiger charge is -2.06. The minimum Gasteiger partial charge on any atom is -0.305 e. The van der Waals surface area contributed by atoms with Gasteiger partial charge < -0.3 is 5.32 Å². The van der Waals surface area contributed by atoms with Crippen molar-refractivity contribution in [3.8, 4) is 0 Å². The normalized spacial score (nSPS) is 38.9. The molecule has 0 aromatic carbocycles. The molecule has 4 nitrogen and oxygen atoms in total. The number of hydrogen-bond acceptors (Lipinski definition) is 3. The maximum atomic E-state index is 11.0. The SMILES string of the molecule is O=C1C2NCCC2CN1O. The Kier molecular flexibility index (Phi) is 1.18. The van der Waals surface area contributed by atoms with Crippen molar-refractivity contribution in [2.45, 2.75) is 12.5 Å². The van der Waals surface area contributed by atoms with Crippen LogP contribution in [0, 0.1) is 5.92 Å². The zero-order valence-electron chi connectivity index (χ0n) is 5.58. The van der Waals surface area contributed by atoms with Crippen LogP contribution in [-0.2, 0) is 4.79 Å². The van der Waals surface area contributed by atoms with E-state index >= 15 is 0 Å². The van der Waals surface area contributed by atoms with E-state index in [0.717, 1.165) is 18.0 Å². The second-order valence-electron chi connectivity index (χ2n) is 2.90. The molecule has 0 radical (unpaired) electrons. The molecule has 2 aliphatic heterocycles. The Morgan fingerprint density at radius 3 is 3.20 bits per heavy atom. The molecule has 2 saturated heterocycles. The van der Waals surface area contributed by atoms with Gasteiger partial charge in [-0.1, -0.05) is 0 Å². The number of hydroxylamine groups is 2. The van der Waals surface area contributed by atoms with Crippen LogP contribution in [0.1, 0.15) is 6.42 Å². The average Bonchev–Trinajstić information content (AvgIpc) is 2.41. The second kappa shape index (κ2) is 1.93. The first-order valence-corrected chi connectivity index (χ1v) is 3.52. The van der Waals surface area contributed by atoms with Gasteiger partial charge in [0.25, 0.3) is 5.91 Å². The van der Waals surface area contributed by atoms with E-state index < -0.39 is 0 Å². The molecule has 2 N–H and O–H groups in total. The number of carbonyl (C=O) groups is 1. The largest absolute Gasteiger partial charge is 0.305 e. The fourth-order valence-electron chi connectivity index (χ4n) is 1.72. The molecule has 2 aliphatic rings. The van der Waals surface area contributed by atoms with E-state index in [9.17, 15) is 4.79 Å². The fourth-order valence-corrected chi connectivity index (χ4v) is 1.72. The first-order chi connectivity index (χ1) is 4.79. The van der Waals surface area contributed by atoms with Gasteiger partial charge in [-0.2, -0.15) is 0 Å². The molecule has 0 spiro atoms. The van der Waals surface area contributed by atoms with E-state index in [4.69, 9.17) is 5.21 Å². The molecule has 0 aliphatic carbocycles. The first kappa shape index (κ1) is 6.12. The average molecular weight is 142 g/mol. The highest BCUT2D eigenvalue weighted by atomic mass is 16.5. The van der Waals surface area contributed by atoms with Crippen molar-refractivity contribution in [3.05, 3.63) is 0 Å². The summed E-state index contributed by atoms with van der Waals surface area (Å²) in [5.74, 6) is 0.181. The van der Waals surface area contributed by atoms with Crippen molar-refractivity contribution in [2.24, 2.45) is 5.92 Å². The molecule has 2 atom stereocenters. The van der Waals surface area contributed by atoms with E-state index in [1.54, 1.807) is 0 Å². The molecule has 2 unspecified atom stereocenters. The standard InChI is InChI=1S/C6H10N2O2/c9-6-5-4(1-2-7-5)3-8(6)10/h4-5,7,10H,1-3H2. The fraction of sp³-hybridized carbons (Fsp3) is 0.833. The first-order valence-electron chi connectivity index (χ1n) is 3.52. The van der Waals surface area contributed by atoms with Crippen LogP contribution < -0.4 is 5.32 Å². The van der Waals surface area contributed by atoms with Crippen molar-refractivity contribution in [1.82, 2.24) is 10.4 Å². The van der Waals surface area contributed by atoms with Crippen LogP contribution in [0.3, 0.4) is 0 Å². The van der Waals surface area contributed by atoms with Gasteiger partial charge in [0.05, 0.1) is 12.6 Å². The smallest absolute Gasteiger partial charge is 0.263 e. The van der Waals surface area contributed by atoms with Gasteiger partial charge in [-0.25, -0.2) is 5.06 Å². The van der Waals surface area contributed by atoms with E-state index in [1.165, 1.54) is 0 Å². The van der Waals surface area contributed by atoms with Gasteiger partial charge in [0.1, 0.15) is 0 Å². The number of rotatable bonds is 0. The van der Waals surface area contributed by atoms with Gasteiger partial charge in [0.15, 0.2) is 0 Å². The molecule has 1 amide bonds. The Morgan fingerprint density at radius 1 is 1.70 bits per heavy atom. The minimum atomic E-state index is -0.164. The maximum absolute atomic E-state index is 11.0. The number of hydrogen-bond donors (Lipinski definition) is 2. The van der Waals surface area contributed by atoms with E-state index in [0.29, 0.717) is 12.5 Å². The third-order valence-electron chi connectivity index (χ3n) is 2.28. The van der Waals surface area contributed by atoms with Crippen molar-refractivity contribution < 1.29 is 10.0 Å². The molecule has 0 aromatic heterocycles. The quantitative estimate of drug-likeness (QED) is 0.435. The lowest BCUT2D eigenvalue weighted by atomic mass is 10.1. The van der Waals surface area contributed by atoms with Crippen LogP contribution in [0.15, 0.2) is 0 Å². The number of amides is 1. The number of carbonyl (C=O) groups excluding carboxylic acids is 1. The lowest BCUT2D eigenvalue weighted by Crippen LogP contribution is -2.35. The third kappa shape index (κ3) is 0.660. The van der Waals surface area contributed by atoms with Crippen LogP contribution in [0.2, 0.25) is 0 Å². The molecule has 0 aromatic rings. The Labute approximate surface area is 58.8 Å². The summed E-state index contributed by atoms with van der Waals surface area (Å²) in [6.45, 7) is 1.42. The summed E-state index contributed by atoms with van der Waals surface area (Å²) in [6, 6.07) is -0.0926. The molecule has 56 valence electrons. The number of fused-ring (bicyclic) bond motifs is 1. The summed E-state index contributed by atoms with van der Waals surface area (Å²) >= 11 is 0. The lowest BCUT2D eigenvalue weighted by molar-refractivity contribution is -0.158. The van der Waals surface area contributed by atoms with Crippen LogP contribution in [0.25, 0.3) is 0 Å². The Bertz CT molecular complexity index is 171. The molecule has 0 bridgehead atoms. The second-order valence-corrected chi connectivity index (χ2v) is 2.90. The molecule has 10 heavy (non-hydrogen) atoms. The Hall–Kier alpha value is -0.610. The van der Waals surface area contributed by atoms with Crippen molar-refractivity contribution >= 4 is 5.91 Å². The van der Waals surface area contributed by atoms with E-state index in [-0.39, 0.29) is 11.9 Å². The summed E-state index contributed by atoms with van der Waals surface area (Å²) in [7, 11) is 0. The molecule has 0 saturated carbocycles. The van der Waals surface area contributed by atoms with Crippen molar-refractivity contribution in [2.75, 3.05) is 13.1 Å². The van der Waals surface area contributed by atoms with Gasteiger partial charge in [0, 0.05) is 5.92 Å². The van der Waals surface area contributed by atoms with E-state index in [1.807, 2.05) is 0 Å². The van der Waals surface area contributed by atoms with Gasteiger partial charge >= 0.3 is 0 Å². The summed E-state index contributed by atoms with van der Waals surface area (Å²) in [4.78, 5) is 11.0. The maximum Gasteiger partial charge on any atom is 0.263 e. The summed E-state index contributed by atoms with van der Waals surface area (Å²) in [6.07, 6.45) is 1.01. The molecule has 2 heterocycles. The van der Waals surface area contributed by atoms with Gasteiger partial charge in [-0.05, 0) is 13.0 Å². The van der Waals surface area contributed by atoms with Gasteiger partial charge in [-0.3, -0.25) is 10.0 Å². The molecule has 2 rings (SSSR count). The third-order valence-corrected chi connectivity index (χ3v) is 2.28. The van der Waals surface area contributed by atoms with Gasteiger partial charge in [-0.15, -0.1) is 0 Å². The highest BCUT2D eigenvalue weighted by Crippen LogP contribution is 2.23. The van der Waals surface area contributed by atoms with Crippen molar-refractivity contribution in [3.63, 3.8) is 0 Å². The van der Waals surface area contributed by atoms with Crippen molar-refractivity contribution in [1.29, 1.82) is 0 Å². The summed E-state index contributed by atoms with van der Waals surface area (Å²) in [5.41, 5.74) is 0. The Balaban J connectivity index is 2.17. The monoisotopic (exact) mass is 142 g/mol. The zero-order valence-corrected chi connectivity index (χ0v) is 5.58. The highest BCUT2D eigenvalue weighted by Gasteiger charge is 2.42. The van der Waals surface area contributed by atoms with Crippen LogP contribution in [0.4, 0.5) is 0 Å². The minimum absolute atomic E-state index is 0.0926. The van der Waals surface area contributed by atoms with Gasteiger partial charge in [0.2, 0.25) is 0 Å². The number of nitrogens with zero attached hydrogens (tertiary/aromatic N) is 1. The predicted octanol–water partition coefficient (Wildman–Crippen LogP) is -0.804. The van der Waals surface area contributed by atoms with Crippen LogP contribution in [0.5, 0.6) is 0 Å². The van der Waals surface area contributed by atoms with Crippen LogP contribution >= 0.6 is 0 Å².